The summed E-state index contributed by atoms with van der Waals surface area (Å²) in [5.74, 6) is -0.806. The SMILES string of the molecule is Cc1cc(C(=O)Nc2ccc(F)cc2N)ccc1Cn1c(=O)n(C)c2ccccc21. The molecule has 0 saturated heterocycles. The van der Waals surface area contributed by atoms with Crippen LogP contribution in [0.5, 0.6) is 0 Å². The molecule has 1 aromatic heterocycles. The van der Waals surface area contributed by atoms with E-state index in [1.807, 2.05) is 37.3 Å². The standard InChI is InChI=1S/C23H21FN4O2/c1-14-11-15(22(29)26-19-10-9-17(24)12-18(19)25)7-8-16(14)13-28-21-6-4-3-5-20(21)27(2)23(28)30/h3-12H,13,25H2,1-2H3,(H,26,29). The maximum atomic E-state index is 13.2. The largest absolute Gasteiger partial charge is 0.397 e. The second kappa shape index (κ2) is 7.51. The van der Waals surface area contributed by atoms with Crippen molar-refractivity contribution in [2.75, 3.05) is 11.1 Å². The van der Waals surface area contributed by atoms with E-state index in [0.29, 0.717) is 17.8 Å². The summed E-state index contributed by atoms with van der Waals surface area (Å²) in [6, 6.07) is 16.8. The minimum absolute atomic E-state index is 0.0933. The van der Waals surface area contributed by atoms with Gasteiger partial charge in [-0.15, -0.1) is 0 Å². The van der Waals surface area contributed by atoms with Gasteiger partial charge in [0.15, 0.2) is 0 Å². The lowest BCUT2D eigenvalue weighted by molar-refractivity contribution is 0.102. The third-order valence-electron chi connectivity index (χ3n) is 5.25. The molecule has 0 aliphatic heterocycles. The van der Waals surface area contributed by atoms with Crippen molar-refractivity contribution in [2.45, 2.75) is 13.5 Å². The molecule has 6 nitrogen and oxygen atoms in total. The van der Waals surface area contributed by atoms with Crippen LogP contribution in [0.1, 0.15) is 21.5 Å². The first-order chi connectivity index (χ1) is 14.3. The molecule has 0 atom stereocenters. The summed E-state index contributed by atoms with van der Waals surface area (Å²) >= 11 is 0. The van der Waals surface area contributed by atoms with E-state index in [-0.39, 0.29) is 17.3 Å². The number of hydrogen-bond acceptors (Lipinski definition) is 3. The van der Waals surface area contributed by atoms with Crippen LogP contribution < -0.4 is 16.7 Å². The zero-order chi connectivity index (χ0) is 21.4. The van der Waals surface area contributed by atoms with E-state index in [9.17, 15) is 14.0 Å². The number of imidazole rings is 1. The van der Waals surface area contributed by atoms with Gasteiger partial charge in [0, 0.05) is 12.6 Å². The van der Waals surface area contributed by atoms with E-state index in [1.165, 1.54) is 12.1 Å². The number of carbonyl (C=O) groups excluding carboxylic acids is 1. The number of para-hydroxylation sites is 2. The summed E-state index contributed by atoms with van der Waals surface area (Å²) < 4.78 is 16.5. The summed E-state index contributed by atoms with van der Waals surface area (Å²) in [4.78, 5) is 25.2. The molecule has 1 amide bonds. The van der Waals surface area contributed by atoms with E-state index in [4.69, 9.17) is 5.73 Å². The van der Waals surface area contributed by atoms with E-state index in [0.717, 1.165) is 28.2 Å². The highest BCUT2D eigenvalue weighted by atomic mass is 19.1. The average Bonchev–Trinajstić information content (AvgIpc) is 2.96. The minimum atomic E-state index is -0.464. The molecule has 4 rings (SSSR count). The molecule has 0 unspecified atom stereocenters. The zero-order valence-electron chi connectivity index (χ0n) is 16.6. The van der Waals surface area contributed by atoms with E-state index in [1.54, 1.807) is 28.3 Å². The van der Waals surface area contributed by atoms with Gasteiger partial charge in [-0.25, -0.2) is 9.18 Å². The number of anilines is 2. The van der Waals surface area contributed by atoms with Gasteiger partial charge in [0.05, 0.1) is 29.0 Å². The molecule has 0 radical (unpaired) electrons. The average molecular weight is 404 g/mol. The van der Waals surface area contributed by atoms with Crippen LogP contribution in [-0.4, -0.2) is 15.0 Å². The second-order valence-corrected chi connectivity index (χ2v) is 7.24. The normalized spacial score (nSPS) is 11.0. The summed E-state index contributed by atoms with van der Waals surface area (Å²) in [5, 5.41) is 2.70. The number of nitrogens with zero attached hydrogens (tertiary/aromatic N) is 2. The number of fused-ring (bicyclic) bond motifs is 1. The summed E-state index contributed by atoms with van der Waals surface area (Å²) in [6.07, 6.45) is 0. The zero-order valence-corrected chi connectivity index (χ0v) is 16.6. The first kappa shape index (κ1) is 19.4. The molecular formula is C23H21FN4O2. The third kappa shape index (κ3) is 3.45. The van der Waals surface area contributed by atoms with Crippen LogP contribution in [-0.2, 0) is 13.6 Å². The van der Waals surface area contributed by atoms with Gasteiger partial charge in [0.25, 0.3) is 5.91 Å². The Bertz CT molecular complexity index is 1340. The molecule has 0 aliphatic rings. The maximum Gasteiger partial charge on any atom is 0.329 e. The van der Waals surface area contributed by atoms with Crippen LogP contribution in [0.25, 0.3) is 11.0 Å². The first-order valence-electron chi connectivity index (χ1n) is 9.45. The summed E-state index contributed by atoms with van der Waals surface area (Å²) in [6.45, 7) is 2.30. The number of hydrogen-bond donors (Lipinski definition) is 2. The molecule has 3 aromatic carbocycles. The van der Waals surface area contributed by atoms with E-state index >= 15 is 0 Å². The van der Waals surface area contributed by atoms with Crippen LogP contribution in [0.3, 0.4) is 0 Å². The number of aryl methyl sites for hydroxylation is 2. The fourth-order valence-electron chi connectivity index (χ4n) is 3.54. The molecule has 0 fully saturated rings. The van der Waals surface area contributed by atoms with Crippen molar-refractivity contribution in [3.8, 4) is 0 Å². The molecule has 0 saturated carbocycles. The van der Waals surface area contributed by atoms with Crippen molar-refractivity contribution in [3.05, 3.63) is 93.7 Å². The molecule has 0 aliphatic carbocycles. The van der Waals surface area contributed by atoms with Crippen LogP contribution in [0.4, 0.5) is 15.8 Å². The number of rotatable bonds is 4. The number of benzene rings is 3. The lowest BCUT2D eigenvalue weighted by Crippen LogP contribution is -2.23. The van der Waals surface area contributed by atoms with Gasteiger partial charge >= 0.3 is 5.69 Å². The Labute approximate surface area is 172 Å². The highest BCUT2D eigenvalue weighted by Crippen LogP contribution is 2.21. The minimum Gasteiger partial charge on any atom is -0.397 e. The summed E-state index contributed by atoms with van der Waals surface area (Å²) in [7, 11) is 1.75. The Morgan fingerprint density at radius 3 is 2.50 bits per heavy atom. The van der Waals surface area contributed by atoms with E-state index < -0.39 is 5.82 Å². The van der Waals surface area contributed by atoms with Gasteiger partial charge in [0.2, 0.25) is 0 Å². The lowest BCUT2D eigenvalue weighted by atomic mass is 10.0. The highest BCUT2D eigenvalue weighted by Gasteiger charge is 2.14. The molecule has 1 heterocycles. The van der Waals surface area contributed by atoms with Crippen molar-refractivity contribution in [2.24, 2.45) is 7.05 Å². The van der Waals surface area contributed by atoms with E-state index in [2.05, 4.69) is 5.32 Å². The molecule has 3 N–H and O–H groups in total. The van der Waals surface area contributed by atoms with Gasteiger partial charge in [-0.3, -0.25) is 13.9 Å². The Balaban J connectivity index is 1.60. The Hall–Kier alpha value is -3.87. The Morgan fingerprint density at radius 2 is 1.80 bits per heavy atom. The van der Waals surface area contributed by atoms with Crippen LogP contribution in [0.2, 0.25) is 0 Å². The van der Waals surface area contributed by atoms with Crippen molar-refractivity contribution < 1.29 is 9.18 Å². The lowest BCUT2D eigenvalue weighted by Gasteiger charge is -2.11. The van der Waals surface area contributed by atoms with Gasteiger partial charge in [-0.1, -0.05) is 18.2 Å². The van der Waals surface area contributed by atoms with Crippen molar-refractivity contribution in [3.63, 3.8) is 0 Å². The van der Waals surface area contributed by atoms with Gasteiger partial charge in [-0.2, -0.15) is 0 Å². The maximum absolute atomic E-state index is 13.2. The number of halogens is 1. The fourth-order valence-corrected chi connectivity index (χ4v) is 3.54. The van der Waals surface area contributed by atoms with Gasteiger partial charge in [0.1, 0.15) is 5.82 Å². The molecule has 7 heteroatoms. The summed E-state index contributed by atoms with van der Waals surface area (Å²) in [5.41, 5.74) is 10.2. The highest BCUT2D eigenvalue weighted by molar-refractivity contribution is 6.05. The molecular weight excluding hydrogens is 383 g/mol. The molecule has 152 valence electrons. The smallest absolute Gasteiger partial charge is 0.329 e. The monoisotopic (exact) mass is 404 g/mol. The second-order valence-electron chi connectivity index (χ2n) is 7.24. The van der Waals surface area contributed by atoms with Crippen molar-refractivity contribution in [1.82, 2.24) is 9.13 Å². The number of nitrogens with one attached hydrogen (secondary N) is 1. The van der Waals surface area contributed by atoms with Crippen molar-refractivity contribution in [1.29, 1.82) is 0 Å². The number of amides is 1. The third-order valence-corrected chi connectivity index (χ3v) is 5.25. The molecule has 4 aromatic rings. The van der Waals surface area contributed by atoms with Crippen LogP contribution >= 0.6 is 0 Å². The topological polar surface area (TPSA) is 82.1 Å². The van der Waals surface area contributed by atoms with Gasteiger partial charge in [-0.05, 0) is 60.5 Å². The van der Waals surface area contributed by atoms with Crippen LogP contribution in [0, 0.1) is 12.7 Å². The van der Waals surface area contributed by atoms with Gasteiger partial charge < -0.3 is 11.1 Å². The number of carbonyl (C=O) groups is 1. The first-order valence-corrected chi connectivity index (χ1v) is 9.45. The van der Waals surface area contributed by atoms with Crippen LogP contribution in [0.15, 0.2) is 65.5 Å². The Kier molecular flexibility index (Phi) is 4.87. The number of aromatic nitrogens is 2. The van der Waals surface area contributed by atoms with Crippen molar-refractivity contribution >= 4 is 28.3 Å². The number of nitrogen functional groups attached to an aromatic ring is 1. The predicted molar refractivity (Wildman–Crippen MR) is 116 cm³/mol. The Morgan fingerprint density at radius 1 is 1.07 bits per heavy atom. The predicted octanol–water partition coefficient (Wildman–Crippen LogP) is 3.67. The molecule has 0 spiro atoms. The number of nitrogens with two attached hydrogens (primary N) is 1. The molecule has 30 heavy (non-hydrogen) atoms. The quantitative estimate of drug-likeness (QED) is 0.509. The molecule has 0 bridgehead atoms. The fraction of sp³-hybridized carbons (Fsp3) is 0.130.